The zero-order valence-electron chi connectivity index (χ0n) is 11.8. The Kier molecular flexibility index (Phi) is 4.87. The van der Waals surface area contributed by atoms with Crippen molar-refractivity contribution < 1.29 is 9.21 Å². The summed E-state index contributed by atoms with van der Waals surface area (Å²) in [5.74, 6) is 1.42. The Bertz CT molecular complexity index is 549. The molecule has 1 N–H and O–H groups in total. The fourth-order valence-corrected chi connectivity index (χ4v) is 1.75. The van der Waals surface area contributed by atoms with Crippen LogP contribution in [0.2, 0.25) is 0 Å². The van der Waals surface area contributed by atoms with E-state index in [0.29, 0.717) is 31.2 Å². The third-order valence-corrected chi connectivity index (χ3v) is 2.84. The molecule has 1 aromatic heterocycles. The van der Waals surface area contributed by atoms with Gasteiger partial charge in [0.2, 0.25) is 17.7 Å². The molecule has 2 aromatic rings. The van der Waals surface area contributed by atoms with E-state index in [2.05, 4.69) is 15.5 Å². The lowest BCUT2D eigenvalue weighted by Gasteiger charge is -2.03. The van der Waals surface area contributed by atoms with Crippen molar-refractivity contribution in [2.75, 3.05) is 6.54 Å². The van der Waals surface area contributed by atoms with Gasteiger partial charge in [-0.05, 0) is 5.56 Å². The van der Waals surface area contributed by atoms with Gasteiger partial charge in [0.25, 0.3) is 0 Å². The summed E-state index contributed by atoms with van der Waals surface area (Å²) in [5, 5.41) is 10.8. The van der Waals surface area contributed by atoms with Crippen LogP contribution in [0.1, 0.15) is 37.1 Å². The van der Waals surface area contributed by atoms with Gasteiger partial charge < -0.3 is 9.73 Å². The number of aromatic nitrogens is 2. The Morgan fingerprint density at radius 2 is 2.00 bits per heavy atom. The quantitative estimate of drug-likeness (QED) is 0.875. The fraction of sp³-hybridized carbons (Fsp3) is 0.400. The third kappa shape index (κ3) is 4.19. The van der Waals surface area contributed by atoms with Gasteiger partial charge in [0.05, 0.1) is 6.42 Å². The van der Waals surface area contributed by atoms with Crippen LogP contribution < -0.4 is 5.32 Å². The summed E-state index contributed by atoms with van der Waals surface area (Å²) in [5.41, 5.74) is 1.00. The maximum atomic E-state index is 11.7. The number of carbonyl (C=O) groups is 1. The lowest BCUT2D eigenvalue weighted by Crippen LogP contribution is -2.27. The first-order valence-electron chi connectivity index (χ1n) is 6.78. The Morgan fingerprint density at radius 1 is 1.25 bits per heavy atom. The summed E-state index contributed by atoms with van der Waals surface area (Å²) in [7, 11) is 0. The summed E-state index contributed by atoms with van der Waals surface area (Å²) in [6, 6.07) is 9.66. The van der Waals surface area contributed by atoms with E-state index in [9.17, 15) is 4.79 Å². The number of hydrogen-bond acceptors (Lipinski definition) is 4. The van der Waals surface area contributed by atoms with E-state index in [1.54, 1.807) is 0 Å². The zero-order chi connectivity index (χ0) is 14.4. The highest BCUT2D eigenvalue weighted by atomic mass is 16.4. The highest BCUT2D eigenvalue weighted by Crippen LogP contribution is 2.11. The van der Waals surface area contributed by atoms with E-state index in [4.69, 9.17) is 4.42 Å². The molecule has 0 aliphatic carbocycles. The number of carbonyl (C=O) groups excluding carboxylic acids is 1. The van der Waals surface area contributed by atoms with Crippen molar-refractivity contribution in [1.29, 1.82) is 0 Å². The molecule has 0 fully saturated rings. The van der Waals surface area contributed by atoms with Gasteiger partial charge in [-0.25, -0.2) is 0 Å². The first-order valence-corrected chi connectivity index (χ1v) is 6.78. The molecule has 0 saturated carbocycles. The number of nitrogens with zero attached hydrogens (tertiary/aromatic N) is 2. The second-order valence-electron chi connectivity index (χ2n) is 4.95. The molecule has 0 aliphatic rings. The molecule has 1 aromatic carbocycles. The smallest absolute Gasteiger partial charge is 0.224 e. The molecule has 106 valence electrons. The summed E-state index contributed by atoms with van der Waals surface area (Å²) in [4.78, 5) is 11.7. The van der Waals surface area contributed by atoms with Crippen LogP contribution in [0.4, 0.5) is 0 Å². The summed E-state index contributed by atoms with van der Waals surface area (Å²) < 4.78 is 5.47. The number of nitrogens with one attached hydrogen (secondary N) is 1. The molecule has 0 radical (unpaired) electrons. The molecule has 5 heteroatoms. The van der Waals surface area contributed by atoms with E-state index in [-0.39, 0.29) is 11.8 Å². The molecule has 1 heterocycles. The highest BCUT2D eigenvalue weighted by Gasteiger charge is 2.09. The van der Waals surface area contributed by atoms with Crippen LogP contribution >= 0.6 is 0 Å². The molecule has 0 atom stereocenters. The Hall–Kier alpha value is -2.17. The largest absolute Gasteiger partial charge is 0.425 e. The first-order chi connectivity index (χ1) is 9.65. The van der Waals surface area contributed by atoms with Gasteiger partial charge in [-0.2, -0.15) is 0 Å². The maximum absolute atomic E-state index is 11.7. The minimum absolute atomic E-state index is 0.000187. The Balaban J connectivity index is 1.73. The molecule has 0 bridgehead atoms. The van der Waals surface area contributed by atoms with Gasteiger partial charge in [-0.15, -0.1) is 10.2 Å². The molecule has 1 amide bonds. The highest BCUT2D eigenvalue weighted by molar-refractivity contribution is 5.78. The Morgan fingerprint density at radius 3 is 2.65 bits per heavy atom. The number of hydrogen-bond donors (Lipinski definition) is 1. The minimum atomic E-state index is -0.000187. The van der Waals surface area contributed by atoms with Crippen LogP contribution in [-0.4, -0.2) is 22.6 Å². The lowest BCUT2D eigenvalue weighted by molar-refractivity contribution is -0.120. The topological polar surface area (TPSA) is 68.0 Å². The van der Waals surface area contributed by atoms with Gasteiger partial charge in [0.1, 0.15) is 0 Å². The van der Waals surface area contributed by atoms with Gasteiger partial charge in [-0.1, -0.05) is 44.2 Å². The second kappa shape index (κ2) is 6.84. The van der Waals surface area contributed by atoms with E-state index in [1.807, 2.05) is 44.2 Å². The average Bonchev–Trinajstić information content (AvgIpc) is 2.89. The van der Waals surface area contributed by atoms with E-state index in [0.717, 1.165) is 5.56 Å². The molecule has 2 rings (SSSR count). The predicted molar refractivity (Wildman–Crippen MR) is 75.2 cm³/mol. The third-order valence-electron chi connectivity index (χ3n) is 2.84. The van der Waals surface area contributed by atoms with Crippen molar-refractivity contribution in [1.82, 2.24) is 15.5 Å². The van der Waals surface area contributed by atoms with E-state index < -0.39 is 0 Å². The van der Waals surface area contributed by atoms with Crippen LogP contribution in [0.3, 0.4) is 0 Å². The van der Waals surface area contributed by atoms with Crippen molar-refractivity contribution in [3.8, 4) is 0 Å². The lowest BCUT2D eigenvalue weighted by atomic mass is 10.1. The Labute approximate surface area is 118 Å². The molecule has 0 unspecified atom stereocenters. The average molecular weight is 273 g/mol. The van der Waals surface area contributed by atoms with Gasteiger partial charge in [0, 0.05) is 18.9 Å². The molecule has 0 saturated heterocycles. The van der Waals surface area contributed by atoms with Crippen molar-refractivity contribution in [3.05, 3.63) is 47.7 Å². The molecular weight excluding hydrogens is 254 g/mol. The van der Waals surface area contributed by atoms with Crippen molar-refractivity contribution >= 4 is 5.91 Å². The van der Waals surface area contributed by atoms with Crippen molar-refractivity contribution in [2.24, 2.45) is 0 Å². The maximum Gasteiger partial charge on any atom is 0.224 e. The van der Waals surface area contributed by atoms with Gasteiger partial charge in [0.15, 0.2) is 0 Å². The number of benzene rings is 1. The SMILES string of the molecule is CC(C)c1nnc(CCNC(=O)Cc2ccccc2)o1. The second-order valence-corrected chi connectivity index (χ2v) is 4.95. The van der Waals surface area contributed by atoms with E-state index >= 15 is 0 Å². The molecule has 20 heavy (non-hydrogen) atoms. The van der Waals surface area contributed by atoms with Crippen molar-refractivity contribution in [2.45, 2.75) is 32.6 Å². The monoisotopic (exact) mass is 273 g/mol. The zero-order valence-corrected chi connectivity index (χ0v) is 11.8. The van der Waals surface area contributed by atoms with Crippen LogP contribution in [0, 0.1) is 0 Å². The predicted octanol–water partition coefficient (Wildman–Crippen LogP) is 2.09. The standard InChI is InChI=1S/C15H19N3O2/c1-11(2)15-18-17-14(20-15)8-9-16-13(19)10-12-6-4-3-5-7-12/h3-7,11H,8-10H2,1-2H3,(H,16,19). The molecule has 5 nitrogen and oxygen atoms in total. The van der Waals surface area contributed by atoms with Crippen LogP contribution in [0.15, 0.2) is 34.7 Å². The van der Waals surface area contributed by atoms with Gasteiger partial charge in [-0.3, -0.25) is 4.79 Å². The van der Waals surface area contributed by atoms with Crippen LogP contribution in [0.25, 0.3) is 0 Å². The number of amides is 1. The van der Waals surface area contributed by atoms with Gasteiger partial charge >= 0.3 is 0 Å². The summed E-state index contributed by atoms with van der Waals surface area (Å²) in [6.07, 6.45) is 0.947. The normalized spacial score (nSPS) is 10.8. The molecular formula is C15H19N3O2. The molecule has 0 spiro atoms. The van der Waals surface area contributed by atoms with E-state index in [1.165, 1.54) is 0 Å². The summed E-state index contributed by atoms with van der Waals surface area (Å²) >= 11 is 0. The number of rotatable bonds is 6. The molecule has 0 aliphatic heterocycles. The summed E-state index contributed by atoms with van der Waals surface area (Å²) in [6.45, 7) is 4.50. The first kappa shape index (κ1) is 14.2. The van der Waals surface area contributed by atoms with Crippen LogP contribution in [0.5, 0.6) is 0 Å². The van der Waals surface area contributed by atoms with Crippen LogP contribution in [-0.2, 0) is 17.6 Å². The van der Waals surface area contributed by atoms with Crippen molar-refractivity contribution in [3.63, 3.8) is 0 Å². The fourth-order valence-electron chi connectivity index (χ4n) is 1.75. The minimum Gasteiger partial charge on any atom is -0.425 e.